The molecule has 0 fully saturated rings. The molecule has 1 aromatic carbocycles. The zero-order valence-corrected chi connectivity index (χ0v) is 13.9. The molecule has 0 bridgehead atoms. The first-order valence-electron chi connectivity index (χ1n) is 7.60. The number of rotatable bonds is 2. The molecule has 1 atom stereocenters. The first-order valence-corrected chi connectivity index (χ1v) is 8.40. The maximum atomic E-state index is 13.5. The summed E-state index contributed by atoms with van der Waals surface area (Å²) in [6.07, 6.45) is 4.72. The molecule has 1 aromatic heterocycles. The summed E-state index contributed by atoms with van der Waals surface area (Å²) in [5.41, 5.74) is 1.36. The average molecular weight is 380 g/mol. The van der Waals surface area contributed by atoms with E-state index in [0.717, 1.165) is 37.2 Å². The van der Waals surface area contributed by atoms with Gasteiger partial charge in [0.2, 0.25) is 0 Å². The molecule has 0 aliphatic carbocycles. The van der Waals surface area contributed by atoms with Gasteiger partial charge in [0.25, 0.3) is 5.91 Å². The highest BCUT2D eigenvalue weighted by atomic mass is 79.9. The van der Waals surface area contributed by atoms with Crippen LogP contribution in [-0.4, -0.2) is 22.1 Å². The fraction of sp³-hybridized carbons (Fsp3) is 0.375. The summed E-state index contributed by atoms with van der Waals surface area (Å²) in [6.45, 7) is 1.13. The number of imidazole rings is 1. The Morgan fingerprint density at radius 1 is 1.43 bits per heavy atom. The Morgan fingerprint density at radius 2 is 2.30 bits per heavy atom. The number of carbonyl (C=O) groups excluding carboxylic acids is 1. The number of nitrogens with zero attached hydrogens (tertiary/aromatic N) is 2. The van der Waals surface area contributed by atoms with Crippen LogP contribution in [0.2, 0.25) is 0 Å². The number of benzene rings is 1. The first kappa shape index (κ1) is 14.7. The summed E-state index contributed by atoms with van der Waals surface area (Å²) in [7, 11) is 0. The van der Waals surface area contributed by atoms with Gasteiger partial charge in [-0.2, -0.15) is 0 Å². The van der Waals surface area contributed by atoms with E-state index in [4.69, 9.17) is 4.74 Å². The Labute approximate surface area is 141 Å². The number of nitrogens with one attached hydrogen (secondary N) is 1. The van der Waals surface area contributed by atoms with Crippen molar-refractivity contribution in [1.82, 2.24) is 14.9 Å². The van der Waals surface area contributed by atoms with Crippen LogP contribution in [0.25, 0.3) is 0 Å². The maximum absolute atomic E-state index is 13.5. The topological polar surface area (TPSA) is 56.1 Å². The Balaban J connectivity index is 1.57. The van der Waals surface area contributed by atoms with Gasteiger partial charge in [0.15, 0.2) is 0 Å². The SMILES string of the molecule is O=C(N[C@@H]1COc2cc(F)c(Br)cc21)c1cnc2n1CCCC2. The summed E-state index contributed by atoms with van der Waals surface area (Å²) in [5.74, 6) is 0.897. The Bertz CT molecular complexity index is 790. The predicted octanol–water partition coefficient (Wildman–Crippen LogP) is 2.98. The molecule has 120 valence electrons. The van der Waals surface area contributed by atoms with E-state index in [1.54, 1.807) is 12.3 Å². The number of hydrogen-bond acceptors (Lipinski definition) is 3. The van der Waals surface area contributed by atoms with Gasteiger partial charge in [0, 0.05) is 24.6 Å². The van der Waals surface area contributed by atoms with Crippen LogP contribution < -0.4 is 10.1 Å². The van der Waals surface area contributed by atoms with E-state index in [9.17, 15) is 9.18 Å². The summed E-state index contributed by atoms with van der Waals surface area (Å²) in [6, 6.07) is 2.71. The van der Waals surface area contributed by atoms with Crippen LogP contribution >= 0.6 is 15.9 Å². The number of fused-ring (bicyclic) bond motifs is 2. The average Bonchev–Trinajstić information content (AvgIpc) is 3.13. The van der Waals surface area contributed by atoms with Crippen molar-refractivity contribution < 1.29 is 13.9 Å². The molecule has 5 nitrogen and oxygen atoms in total. The van der Waals surface area contributed by atoms with Crippen molar-refractivity contribution in [3.05, 3.63) is 45.7 Å². The number of hydrogen-bond donors (Lipinski definition) is 1. The molecule has 0 spiro atoms. The zero-order chi connectivity index (χ0) is 16.0. The quantitative estimate of drug-likeness (QED) is 0.872. The van der Waals surface area contributed by atoms with Crippen LogP contribution in [0.4, 0.5) is 4.39 Å². The molecule has 0 unspecified atom stereocenters. The third-order valence-electron chi connectivity index (χ3n) is 4.34. The minimum atomic E-state index is -0.374. The van der Waals surface area contributed by atoms with Crippen LogP contribution in [0.5, 0.6) is 5.75 Å². The highest BCUT2D eigenvalue weighted by Crippen LogP contribution is 2.36. The minimum Gasteiger partial charge on any atom is -0.491 e. The van der Waals surface area contributed by atoms with Crippen molar-refractivity contribution in [2.24, 2.45) is 0 Å². The highest BCUT2D eigenvalue weighted by Gasteiger charge is 2.29. The number of carbonyl (C=O) groups is 1. The molecular weight excluding hydrogens is 365 g/mol. The lowest BCUT2D eigenvalue weighted by atomic mass is 10.1. The van der Waals surface area contributed by atoms with Crippen molar-refractivity contribution in [3.8, 4) is 5.75 Å². The van der Waals surface area contributed by atoms with Crippen molar-refractivity contribution in [3.63, 3.8) is 0 Å². The number of amides is 1. The zero-order valence-electron chi connectivity index (χ0n) is 12.3. The van der Waals surface area contributed by atoms with E-state index >= 15 is 0 Å². The van der Waals surface area contributed by atoms with Crippen LogP contribution in [0.3, 0.4) is 0 Å². The molecule has 0 saturated carbocycles. The Hall–Kier alpha value is -1.89. The highest BCUT2D eigenvalue weighted by molar-refractivity contribution is 9.10. The van der Waals surface area contributed by atoms with Crippen molar-refractivity contribution in [2.45, 2.75) is 31.8 Å². The summed E-state index contributed by atoms with van der Waals surface area (Å²) < 4.78 is 21.4. The van der Waals surface area contributed by atoms with Gasteiger partial charge >= 0.3 is 0 Å². The molecule has 2 aromatic rings. The second-order valence-corrected chi connectivity index (χ2v) is 6.66. The second-order valence-electron chi connectivity index (χ2n) is 5.81. The van der Waals surface area contributed by atoms with E-state index in [2.05, 4.69) is 26.2 Å². The minimum absolute atomic E-state index is 0.174. The molecule has 3 heterocycles. The third-order valence-corrected chi connectivity index (χ3v) is 4.95. The van der Waals surface area contributed by atoms with Crippen molar-refractivity contribution in [2.75, 3.05) is 6.61 Å². The van der Waals surface area contributed by atoms with Crippen LogP contribution in [0.15, 0.2) is 22.8 Å². The first-order chi connectivity index (χ1) is 11.1. The number of ether oxygens (including phenoxy) is 1. The fourth-order valence-electron chi connectivity index (χ4n) is 3.15. The van der Waals surface area contributed by atoms with Gasteiger partial charge in [0.05, 0.1) is 16.7 Å². The smallest absolute Gasteiger partial charge is 0.270 e. The van der Waals surface area contributed by atoms with Crippen LogP contribution in [0, 0.1) is 5.82 Å². The van der Waals surface area contributed by atoms with Gasteiger partial charge in [0.1, 0.15) is 29.7 Å². The predicted molar refractivity (Wildman–Crippen MR) is 85.0 cm³/mol. The van der Waals surface area contributed by atoms with Gasteiger partial charge in [-0.05, 0) is 34.8 Å². The lowest BCUT2D eigenvalue weighted by Crippen LogP contribution is -2.31. The maximum Gasteiger partial charge on any atom is 0.270 e. The van der Waals surface area contributed by atoms with E-state index in [1.165, 1.54) is 6.07 Å². The standard InChI is InChI=1S/C16H15BrFN3O2/c17-10-5-9-12(8-23-14(9)6-11(10)18)20-16(22)13-7-19-15-3-1-2-4-21(13)15/h5-7,12H,1-4,8H2,(H,20,22)/t12-/m1/s1. The number of aryl methyl sites for hydroxylation is 1. The molecule has 23 heavy (non-hydrogen) atoms. The van der Waals surface area contributed by atoms with E-state index in [-0.39, 0.29) is 17.8 Å². The fourth-order valence-corrected chi connectivity index (χ4v) is 3.51. The monoisotopic (exact) mass is 379 g/mol. The van der Waals surface area contributed by atoms with Crippen molar-refractivity contribution >= 4 is 21.8 Å². The van der Waals surface area contributed by atoms with Crippen molar-refractivity contribution in [1.29, 1.82) is 0 Å². The summed E-state index contributed by atoms with van der Waals surface area (Å²) >= 11 is 3.17. The van der Waals surface area contributed by atoms with Gasteiger partial charge < -0.3 is 14.6 Å². The molecule has 1 N–H and O–H groups in total. The molecule has 0 radical (unpaired) electrons. The Kier molecular flexibility index (Phi) is 3.60. The summed E-state index contributed by atoms with van der Waals surface area (Å²) in [5, 5.41) is 2.97. The lowest BCUT2D eigenvalue weighted by Gasteiger charge is -2.17. The molecule has 4 rings (SSSR count). The van der Waals surface area contributed by atoms with E-state index in [1.807, 2.05) is 4.57 Å². The van der Waals surface area contributed by atoms with Gasteiger partial charge in [-0.3, -0.25) is 4.79 Å². The molecule has 0 saturated heterocycles. The second kappa shape index (κ2) is 5.63. The number of aromatic nitrogens is 2. The Morgan fingerprint density at radius 3 is 3.17 bits per heavy atom. The van der Waals surface area contributed by atoms with E-state index < -0.39 is 0 Å². The number of halogens is 2. The lowest BCUT2D eigenvalue weighted by molar-refractivity contribution is 0.0919. The van der Waals surface area contributed by atoms with Crippen LogP contribution in [-0.2, 0) is 13.0 Å². The van der Waals surface area contributed by atoms with Crippen LogP contribution in [0.1, 0.15) is 40.8 Å². The molecule has 7 heteroatoms. The molecular formula is C16H15BrFN3O2. The summed E-state index contributed by atoms with van der Waals surface area (Å²) in [4.78, 5) is 16.9. The molecule has 1 amide bonds. The van der Waals surface area contributed by atoms with Gasteiger partial charge in [-0.25, -0.2) is 9.37 Å². The molecule has 2 aliphatic heterocycles. The largest absolute Gasteiger partial charge is 0.491 e. The van der Waals surface area contributed by atoms with Gasteiger partial charge in [-0.15, -0.1) is 0 Å². The van der Waals surface area contributed by atoms with Gasteiger partial charge in [-0.1, -0.05) is 0 Å². The normalized spacial score (nSPS) is 19.0. The third kappa shape index (κ3) is 2.52. The van der Waals surface area contributed by atoms with E-state index in [0.29, 0.717) is 22.5 Å². The molecule has 2 aliphatic rings.